The zero-order valence-electron chi connectivity index (χ0n) is 21.9. The topological polar surface area (TPSA) is 107 Å². The van der Waals surface area contributed by atoms with E-state index in [1.807, 2.05) is 19.9 Å². The van der Waals surface area contributed by atoms with Gasteiger partial charge in [0.15, 0.2) is 18.0 Å². The Kier molecular flexibility index (Phi) is 6.95. The molecule has 4 rings (SSSR count). The Bertz CT molecular complexity index is 1050. The smallest absolute Gasteiger partial charge is 0.309 e. The van der Waals surface area contributed by atoms with Crippen molar-refractivity contribution in [3.63, 3.8) is 0 Å². The Morgan fingerprint density at radius 2 is 1.92 bits per heavy atom. The molecule has 0 amide bonds. The number of allylic oxidation sites excluding steroid dienone is 4. The molecule has 0 aromatic heterocycles. The van der Waals surface area contributed by atoms with Gasteiger partial charge in [0.2, 0.25) is 5.78 Å². The van der Waals surface area contributed by atoms with E-state index in [2.05, 4.69) is 22.9 Å². The fraction of sp³-hybridized carbons (Fsp3) is 0.714. The van der Waals surface area contributed by atoms with Crippen molar-refractivity contribution >= 4 is 39.4 Å². The largest absolute Gasteiger partial charge is 0.458 e. The van der Waals surface area contributed by atoms with Crippen LogP contribution in [-0.2, 0) is 28.7 Å². The second-order valence-corrected chi connectivity index (χ2v) is 13.1. The lowest BCUT2D eigenvalue weighted by molar-refractivity contribution is -0.207. The minimum atomic E-state index is -1.53. The molecule has 0 heterocycles. The molecule has 3 saturated carbocycles. The summed E-state index contributed by atoms with van der Waals surface area (Å²) in [6, 6.07) is 0. The number of Topliss-reactive ketones (excluding diaryl/α,β-unsaturated/α-hetero) is 1. The predicted octanol–water partition coefficient (Wildman–Crippen LogP) is 3.95. The van der Waals surface area contributed by atoms with Gasteiger partial charge in [0.05, 0.1) is 12.0 Å². The molecule has 0 aromatic carbocycles. The van der Waals surface area contributed by atoms with E-state index in [-0.39, 0.29) is 40.7 Å². The number of carbonyl (C=O) groups excluding carboxylic acids is 4. The Hall–Kier alpha value is -1.80. The van der Waals surface area contributed by atoms with Crippen molar-refractivity contribution in [2.75, 3.05) is 6.61 Å². The number of aliphatic hydroxyl groups is 1. The maximum Gasteiger partial charge on any atom is 0.309 e. The second-order valence-electron chi connectivity index (χ2n) is 12.0. The van der Waals surface area contributed by atoms with E-state index in [1.54, 1.807) is 26.0 Å². The highest BCUT2D eigenvalue weighted by atomic mass is 79.9. The SMILES string of the molecule is CC(=O)OCC(=O)[C@]1(OC(=O)C(C)C)[C@H](C)C[C@H]2[C@H]3[C@H]([C@@H](O)C[C@@]21C)[C@@]1(C)C=CC(=O)C=C1C[C@H]3Br. The molecule has 0 aliphatic heterocycles. The van der Waals surface area contributed by atoms with Gasteiger partial charge < -0.3 is 14.6 Å². The van der Waals surface area contributed by atoms with Crippen LogP contribution in [0.15, 0.2) is 23.8 Å². The van der Waals surface area contributed by atoms with Gasteiger partial charge in [-0.15, -0.1) is 0 Å². The maximum atomic E-state index is 13.9. The normalized spacial score (nSPS) is 43.2. The van der Waals surface area contributed by atoms with Gasteiger partial charge in [0.25, 0.3) is 0 Å². The van der Waals surface area contributed by atoms with Crippen LogP contribution in [0.1, 0.15) is 60.8 Å². The van der Waals surface area contributed by atoms with Crippen LogP contribution >= 0.6 is 15.9 Å². The Balaban J connectivity index is 1.82. The summed E-state index contributed by atoms with van der Waals surface area (Å²) in [5.74, 6) is -2.57. The zero-order valence-corrected chi connectivity index (χ0v) is 23.5. The predicted molar refractivity (Wildman–Crippen MR) is 136 cm³/mol. The van der Waals surface area contributed by atoms with Crippen molar-refractivity contribution < 1.29 is 33.8 Å². The van der Waals surface area contributed by atoms with Crippen LogP contribution in [0.3, 0.4) is 0 Å². The number of ether oxygens (including phenoxy) is 2. The summed E-state index contributed by atoms with van der Waals surface area (Å²) in [6.07, 6.45) is 5.95. The first-order valence-corrected chi connectivity index (χ1v) is 13.8. The van der Waals surface area contributed by atoms with E-state index in [9.17, 15) is 24.3 Å². The van der Waals surface area contributed by atoms with Crippen LogP contribution in [0, 0.1) is 40.4 Å². The van der Waals surface area contributed by atoms with Crippen LogP contribution < -0.4 is 0 Å². The lowest BCUT2D eigenvalue weighted by atomic mass is 9.46. The van der Waals surface area contributed by atoms with Crippen molar-refractivity contribution in [3.8, 4) is 0 Å². The fourth-order valence-corrected chi connectivity index (χ4v) is 9.03. The number of esters is 2. The highest BCUT2D eigenvalue weighted by Crippen LogP contribution is 2.70. The fourth-order valence-electron chi connectivity index (χ4n) is 7.98. The number of hydrogen-bond acceptors (Lipinski definition) is 7. The number of carbonyl (C=O) groups is 4. The summed E-state index contributed by atoms with van der Waals surface area (Å²) in [5.41, 5.74) is -1.86. The summed E-state index contributed by atoms with van der Waals surface area (Å²) < 4.78 is 11.3. The molecule has 1 N–H and O–H groups in total. The Morgan fingerprint density at radius 1 is 1.25 bits per heavy atom. The van der Waals surface area contributed by atoms with Crippen molar-refractivity contribution in [1.29, 1.82) is 0 Å². The van der Waals surface area contributed by atoms with Gasteiger partial charge in [-0.2, -0.15) is 0 Å². The lowest BCUT2D eigenvalue weighted by Crippen LogP contribution is -2.65. The van der Waals surface area contributed by atoms with Crippen molar-refractivity contribution in [1.82, 2.24) is 0 Å². The average Bonchev–Trinajstić information content (AvgIpc) is 2.99. The molecule has 36 heavy (non-hydrogen) atoms. The number of ketones is 2. The quantitative estimate of drug-likeness (QED) is 0.397. The summed E-state index contributed by atoms with van der Waals surface area (Å²) in [7, 11) is 0. The first-order valence-electron chi connectivity index (χ1n) is 12.8. The standard InChI is InChI=1S/C28H37BrO7/c1-14(2)25(34)36-28(22(33)13-35-16(4)30)15(3)9-19-23-20(29)11-17-10-18(31)7-8-26(17,5)24(23)21(32)12-27(19,28)6/h7-8,10,14-15,19-21,23-24,32H,9,11-13H2,1-6H3/t15-,19+,20-,21+,23-,24+,26+,27+,28-/m1/s1. The first-order chi connectivity index (χ1) is 16.7. The molecule has 4 aliphatic rings. The molecule has 8 heteroatoms. The van der Waals surface area contributed by atoms with E-state index in [4.69, 9.17) is 9.47 Å². The molecule has 198 valence electrons. The van der Waals surface area contributed by atoms with E-state index >= 15 is 0 Å². The van der Waals surface area contributed by atoms with Gasteiger partial charge in [-0.25, -0.2) is 0 Å². The van der Waals surface area contributed by atoms with Gasteiger partial charge in [0.1, 0.15) is 0 Å². The molecule has 0 radical (unpaired) electrons. The molecule has 9 atom stereocenters. The Morgan fingerprint density at radius 3 is 2.53 bits per heavy atom. The number of halogens is 1. The van der Waals surface area contributed by atoms with E-state index in [0.29, 0.717) is 12.8 Å². The number of hydrogen-bond donors (Lipinski definition) is 1. The third-order valence-electron chi connectivity index (χ3n) is 9.58. The van der Waals surface area contributed by atoms with Gasteiger partial charge in [-0.1, -0.05) is 62.2 Å². The van der Waals surface area contributed by atoms with Crippen LogP contribution in [0.2, 0.25) is 0 Å². The molecule has 0 bridgehead atoms. The van der Waals surface area contributed by atoms with E-state index in [0.717, 1.165) is 5.57 Å². The molecular formula is C28H37BrO7. The highest BCUT2D eigenvalue weighted by molar-refractivity contribution is 9.09. The summed E-state index contributed by atoms with van der Waals surface area (Å²) >= 11 is 3.89. The number of alkyl halides is 1. The van der Waals surface area contributed by atoms with Crippen LogP contribution in [0.5, 0.6) is 0 Å². The molecule has 0 spiro atoms. The maximum absolute atomic E-state index is 13.9. The highest BCUT2D eigenvalue weighted by Gasteiger charge is 2.73. The second kappa shape index (κ2) is 9.19. The van der Waals surface area contributed by atoms with Gasteiger partial charge >= 0.3 is 11.9 Å². The molecule has 0 unspecified atom stereocenters. The lowest BCUT2D eigenvalue weighted by Gasteiger charge is -2.61. The van der Waals surface area contributed by atoms with Crippen molar-refractivity contribution in [3.05, 3.63) is 23.8 Å². The zero-order chi connectivity index (χ0) is 26.8. The van der Waals surface area contributed by atoms with Crippen LogP contribution in [0.25, 0.3) is 0 Å². The number of fused-ring (bicyclic) bond motifs is 5. The van der Waals surface area contributed by atoms with Crippen molar-refractivity contribution in [2.45, 2.75) is 77.3 Å². The van der Waals surface area contributed by atoms with Crippen LogP contribution in [-0.4, -0.2) is 51.8 Å². The van der Waals surface area contributed by atoms with Gasteiger partial charge in [-0.05, 0) is 43.3 Å². The molecule has 3 fully saturated rings. The monoisotopic (exact) mass is 564 g/mol. The number of rotatable bonds is 5. The third kappa shape index (κ3) is 3.85. The van der Waals surface area contributed by atoms with E-state index < -0.39 is 52.8 Å². The summed E-state index contributed by atoms with van der Waals surface area (Å²) in [5, 5.41) is 11.8. The van der Waals surface area contributed by atoms with Gasteiger partial charge in [-0.3, -0.25) is 19.2 Å². The summed E-state index contributed by atoms with van der Waals surface area (Å²) in [4.78, 5) is 50.6. The summed E-state index contributed by atoms with van der Waals surface area (Å²) in [6.45, 7) is 10.2. The number of aliphatic hydroxyl groups excluding tert-OH is 1. The minimum absolute atomic E-state index is 0.0206. The average molecular weight is 566 g/mol. The molecule has 7 nitrogen and oxygen atoms in total. The van der Waals surface area contributed by atoms with Gasteiger partial charge in [0, 0.05) is 34.4 Å². The van der Waals surface area contributed by atoms with E-state index in [1.165, 1.54) is 6.92 Å². The molecular weight excluding hydrogens is 528 g/mol. The molecule has 4 aliphatic carbocycles. The minimum Gasteiger partial charge on any atom is -0.458 e. The third-order valence-corrected chi connectivity index (χ3v) is 10.5. The van der Waals surface area contributed by atoms with Crippen LogP contribution in [0.4, 0.5) is 0 Å². The first kappa shape index (κ1) is 27.2. The molecule has 0 saturated heterocycles. The molecule has 0 aromatic rings. The Labute approximate surface area is 221 Å². The van der Waals surface area contributed by atoms with Crippen molar-refractivity contribution in [2.24, 2.45) is 40.4 Å².